The van der Waals surface area contributed by atoms with E-state index < -0.39 is 0 Å². The molecular weight excluding hydrogens is 180 g/mol. The van der Waals surface area contributed by atoms with Crippen molar-refractivity contribution >= 4 is 11.4 Å². The van der Waals surface area contributed by atoms with Gasteiger partial charge >= 0.3 is 0 Å². The molecule has 2 rings (SSSR count). The highest BCUT2D eigenvalue weighted by Crippen LogP contribution is 2.35. The number of nitro benzene ring substituents is 1. The largest absolute Gasteiger partial charge is 0.376 e. The van der Waals surface area contributed by atoms with Crippen molar-refractivity contribution in [3.05, 3.63) is 34.4 Å². The third kappa shape index (κ3) is 1.69. The van der Waals surface area contributed by atoms with Gasteiger partial charge in [0.2, 0.25) is 0 Å². The minimum atomic E-state index is -0.352. The van der Waals surface area contributed by atoms with Crippen LogP contribution in [0.1, 0.15) is 13.3 Å². The molecule has 0 amide bonds. The standard InChI is InChI=1S/C10H12N2O2/c1-7-6-9(7)11-8-4-2-3-5-10(8)12(13)14/h2-5,7,9,11H,6H2,1H3/t7-,9-/m1/s1. The molecule has 0 radical (unpaired) electrons. The van der Waals surface area contributed by atoms with Crippen molar-refractivity contribution in [3.63, 3.8) is 0 Å². The summed E-state index contributed by atoms with van der Waals surface area (Å²) in [5.41, 5.74) is 0.790. The van der Waals surface area contributed by atoms with Crippen LogP contribution >= 0.6 is 0 Å². The number of nitrogens with zero attached hydrogens (tertiary/aromatic N) is 1. The number of hydrogen-bond acceptors (Lipinski definition) is 3. The first-order valence-electron chi connectivity index (χ1n) is 4.68. The Bertz CT molecular complexity index is 365. The topological polar surface area (TPSA) is 55.2 Å². The molecule has 2 atom stereocenters. The van der Waals surface area contributed by atoms with Gasteiger partial charge in [0.1, 0.15) is 5.69 Å². The number of benzene rings is 1. The Morgan fingerprint density at radius 3 is 2.71 bits per heavy atom. The second-order valence-electron chi connectivity index (χ2n) is 3.74. The van der Waals surface area contributed by atoms with E-state index in [-0.39, 0.29) is 10.6 Å². The molecule has 4 nitrogen and oxygen atoms in total. The van der Waals surface area contributed by atoms with Crippen LogP contribution in [0.15, 0.2) is 24.3 Å². The lowest BCUT2D eigenvalue weighted by Crippen LogP contribution is -2.05. The maximum absolute atomic E-state index is 10.7. The summed E-state index contributed by atoms with van der Waals surface area (Å²) in [6.07, 6.45) is 1.10. The monoisotopic (exact) mass is 192 g/mol. The fourth-order valence-electron chi connectivity index (χ4n) is 1.48. The number of hydrogen-bond donors (Lipinski definition) is 1. The smallest absolute Gasteiger partial charge is 0.292 e. The third-order valence-corrected chi connectivity index (χ3v) is 2.55. The number of anilines is 1. The zero-order chi connectivity index (χ0) is 10.1. The molecule has 1 aliphatic carbocycles. The minimum absolute atomic E-state index is 0.159. The molecule has 4 heteroatoms. The van der Waals surface area contributed by atoms with Crippen LogP contribution in [0, 0.1) is 16.0 Å². The summed E-state index contributed by atoms with van der Waals surface area (Å²) >= 11 is 0. The van der Waals surface area contributed by atoms with Gasteiger partial charge in [-0.25, -0.2) is 0 Å². The van der Waals surface area contributed by atoms with E-state index in [0.717, 1.165) is 6.42 Å². The predicted octanol–water partition coefficient (Wildman–Crippen LogP) is 2.42. The molecule has 0 saturated heterocycles. The van der Waals surface area contributed by atoms with Crippen molar-refractivity contribution in [3.8, 4) is 0 Å². The van der Waals surface area contributed by atoms with Crippen molar-refractivity contribution < 1.29 is 4.92 Å². The van der Waals surface area contributed by atoms with Gasteiger partial charge in [0.05, 0.1) is 4.92 Å². The Kier molecular flexibility index (Phi) is 2.11. The second-order valence-corrected chi connectivity index (χ2v) is 3.74. The van der Waals surface area contributed by atoms with Gasteiger partial charge in [0.15, 0.2) is 0 Å². The highest BCUT2D eigenvalue weighted by atomic mass is 16.6. The van der Waals surface area contributed by atoms with Gasteiger partial charge in [-0.15, -0.1) is 0 Å². The van der Waals surface area contributed by atoms with Gasteiger partial charge in [0, 0.05) is 12.1 Å². The third-order valence-electron chi connectivity index (χ3n) is 2.55. The van der Waals surface area contributed by atoms with Gasteiger partial charge in [-0.3, -0.25) is 10.1 Å². The molecule has 14 heavy (non-hydrogen) atoms. The van der Waals surface area contributed by atoms with Crippen LogP contribution in [0.3, 0.4) is 0 Å². The molecule has 1 aromatic carbocycles. The van der Waals surface area contributed by atoms with Crippen molar-refractivity contribution in [2.24, 2.45) is 5.92 Å². The van der Waals surface area contributed by atoms with Gasteiger partial charge in [-0.05, 0) is 18.4 Å². The number of para-hydroxylation sites is 2. The highest BCUT2D eigenvalue weighted by Gasteiger charge is 2.33. The first kappa shape index (κ1) is 8.99. The summed E-state index contributed by atoms with van der Waals surface area (Å²) in [6.45, 7) is 2.13. The lowest BCUT2D eigenvalue weighted by Gasteiger charge is -2.04. The van der Waals surface area contributed by atoms with Crippen molar-refractivity contribution in [2.75, 3.05) is 5.32 Å². The zero-order valence-electron chi connectivity index (χ0n) is 7.93. The van der Waals surface area contributed by atoms with E-state index in [0.29, 0.717) is 17.6 Å². The molecular formula is C10H12N2O2. The molecule has 0 spiro atoms. The van der Waals surface area contributed by atoms with Crippen LogP contribution in [-0.2, 0) is 0 Å². The highest BCUT2D eigenvalue weighted by molar-refractivity contribution is 5.62. The van der Waals surface area contributed by atoms with Crippen molar-refractivity contribution in [1.29, 1.82) is 0 Å². The van der Waals surface area contributed by atoms with Gasteiger partial charge in [0.25, 0.3) is 5.69 Å². The Labute approximate surface area is 82.1 Å². The first-order valence-corrected chi connectivity index (χ1v) is 4.68. The Balaban J connectivity index is 2.19. The fraction of sp³-hybridized carbons (Fsp3) is 0.400. The Morgan fingerprint density at radius 1 is 1.50 bits per heavy atom. The summed E-state index contributed by atoms with van der Waals surface area (Å²) in [7, 11) is 0. The molecule has 74 valence electrons. The van der Waals surface area contributed by atoms with Gasteiger partial charge in [-0.1, -0.05) is 19.1 Å². The van der Waals surface area contributed by atoms with Crippen LogP contribution in [0.25, 0.3) is 0 Å². The lowest BCUT2D eigenvalue weighted by atomic mass is 10.2. The molecule has 1 aliphatic rings. The van der Waals surface area contributed by atoms with E-state index in [1.54, 1.807) is 12.1 Å². The lowest BCUT2D eigenvalue weighted by molar-refractivity contribution is -0.384. The SMILES string of the molecule is C[C@@H]1C[C@H]1Nc1ccccc1[N+](=O)[O-]. The molecule has 1 saturated carbocycles. The quantitative estimate of drug-likeness (QED) is 0.591. The maximum Gasteiger partial charge on any atom is 0.292 e. The van der Waals surface area contributed by atoms with E-state index in [1.807, 2.05) is 6.07 Å². The van der Waals surface area contributed by atoms with E-state index in [1.165, 1.54) is 6.07 Å². The fourth-order valence-corrected chi connectivity index (χ4v) is 1.48. The minimum Gasteiger partial charge on any atom is -0.376 e. The van der Waals surface area contributed by atoms with Crippen LogP contribution in [0.4, 0.5) is 11.4 Å². The van der Waals surface area contributed by atoms with Crippen LogP contribution in [0.5, 0.6) is 0 Å². The molecule has 0 aromatic heterocycles. The maximum atomic E-state index is 10.7. The average Bonchev–Trinajstić information content (AvgIpc) is 2.82. The molecule has 0 heterocycles. The number of rotatable bonds is 3. The molecule has 1 aromatic rings. The summed E-state index contributed by atoms with van der Waals surface area (Å²) in [5.74, 6) is 0.634. The summed E-state index contributed by atoms with van der Waals surface area (Å²) < 4.78 is 0. The molecule has 0 aliphatic heterocycles. The van der Waals surface area contributed by atoms with Gasteiger partial charge < -0.3 is 5.32 Å². The molecule has 1 fully saturated rings. The Morgan fingerprint density at radius 2 is 2.14 bits per heavy atom. The normalized spacial score (nSPS) is 24.4. The number of nitrogens with one attached hydrogen (secondary N) is 1. The molecule has 0 unspecified atom stereocenters. The van der Waals surface area contributed by atoms with Crippen LogP contribution < -0.4 is 5.32 Å². The Hall–Kier alpha value is -1.58. The molecule has 0 bridgehead atoms. The predicted molar refractivity (Wildman–Crippen MR) is 54.3 cm³/mol. The first-order chi connectivity index (χ1) is 6.68. The van der Waals surface area contributed by atoms with E-state index >= 15 is 0 Å². The van der Waals surface area contributed by atoms with Gasteiger partial charge in [-0.2, -0.15) is 0 Å². The zero-order valence-corrected chi connectivity index (χ0v) is 7.93. The summed E-state index contributed by atoms with van der Waals surface area (Å²) in [5, 5.41) is 13.8. The summed E-state index contributed by atoms with van der Waals surface area (Å²) in [6, 6.07) is 7.18. The van der Waals surface area contributed by atoms with Crippen LogP contribution in [-0.4, -0.2) is 11.0 Å². The molecule has 1 N–H and O–H groups in total. The van der Waals surface area contributed by atoms with E-state index in [4.69, 9.17) is 0 Å². The van der Waals surface area contributed by atoms with Crippen molar-refractivity contribution in [1.82, 2.24) is 0 Å². The van der Waals surface area contributed by atoms with E-state index in [9.17, 15) is 10.1 Å². The summed E-state index contributed by atoms with van der Waals surface area (Å²) in [4.78, 5) is 10.3. The van der Waals surface area contributed by atoms with Crippen molar-refractivity contribution in [2.45, 2.75) is 19.4 Å². The number of nitro groups is 1. The van der Waals surface area contributed by atoms with E-state index in [2.05, 4.69) is 12.2 Å². The van der Waals surface area contributed by atoms with Crippen LogP contribution in [0.2, 0.25) is 0 Å². The average molecular weight is 192 g/mol. The second kappa shape index (κ2) is 3.29.